The van der Waals surface area contributed by atoms with Gasteiger partial charge in [0.15, 0.2) is 13.2 Å². The molecule has 0 saturated carbocycles. The minimum Gasteiger partial charge on any atom is -0.463 e. The van der Waals surface area contributed by atoms with Crippen molar-refractivity contribution < 1.29 is 77.9 Å². The van der Waals surface area contributed by atoms with Crippen molar-refractivity contribution in [3.8, 4) is 0 Å². The van der Waals surface area contributed by atoms with Gasteiger partial charge in [0, 0.05) is 25.7 Å². The van der Waals surface area contributed by atoms with Gasteiger partial charge >= 0.3 is 23.9 Å². The molecule has 2 unspecified atom stereocenters. The minimum atomic E-state index is -1.76. The van der Waals surface area contributed by atoms with Crippen LogP contribution >= 0.6 is 0 Å². The molecule has 0 radical (unpaired) electrons. The SMILES string of the molecule is CCCCCCCCCC(=O)OCC(=O)COC(=O)CCCCCCCCC.CCCCCCCCCC(=O)OCC(O)COC(=O)CCCCCCCCC.OCC1(O)COC(O)(CO)CO1. The molecule has 0 aromatic rings. The highest BCUT2D eigenvalue weighted by molar-refractivity contribution is 5.85. The summed E-state index contributed by atoms with van der Waals surface area (Å²) in [5.74, 6) is -5.18. The quantitative estimate of drug-likeness (QED) is 0.0218. The van der Waals surface area contributed by atoms with Crippen LogP contribution in [0.3, 0.4) is 0 Å². The number of unbranched alkanes of at least 4 members (excludes halogenated alkanes) is 24. The Balaban J connectivity index is 0. The molecular formula is C52H98O16. The lowest BCUT2D eigenvalue weighted by atomic mass is 10.1. The molecule has 68 heavy (non-hydrogen) atoms. The number of carbonyl (C=O) groups excluding carboxylic acids is 5. The summed E-state index contributed by atoms with van der Waals surface area (Å²) < 4.78 is 29.4. The Morgan fingerprint density at radius 1 is 0.412 bits per heavy atom. The first-order valence-corrected chi connectivity index (χ1v) is 26.5. The molecule has 1 rings (SSSR count). The van der Waals surface area contributed by atoms with E-state index in [4.69, 9.17) is 38.6 Å². The maximum Gasteiger partial charge on any atom is 0.306 e. The predicted octanol–water partition coefficient (Wildman–Crippen LogP) is 9.03. The molecule has 1 saturated heterocycles. The maximum absolute atomic E-state index is 11.7. The van der Waals surface area contributed by atoms with Crippen LogP contribution in [0.2, 0.25) is 0 Å². The molecule has 2 atom stereocenters. The molecule has 0 aromatic carbocycles. The predicted molar refractivity (Wildman–Crippen MR) is 261 cm³/mol. The van der Waals surface area contributed by atoms with E-state index < -0.39 is 30.9 Å². The first-order chi connectivity index (χ1) is 32.7. The van der Waals surface area contributed by atoms with Gasteiger partial charge in [-0.1, -0.05) is 182 Å². The second-order valence-corrected chi connectivity index (χ2v) is 18.2. The second kappa shape index (κ2) is 47.9. The molecule has 0 bridgehead atoms. The topological polar surface area (TPSA) is 242 Å². The molecule has 1 aliphatic heterocycles. The van der Waals surface area contributed by atoms with Gasteiger partial charge in [-0.2, -0.15) is 0 Å². The Kier molecular flexibility index (Phi) is 47.5. The molecule has 0 amide bonds. The molecule has 1 heterocycles. The summed E-state index contributed by atoms with van der Waals surface area (Å²) in [5, 5.41) is 45.4. The lowest BCUT2D eigenvalue weighted by Gasteiger charge is -2.38. The third-order valence-corrected chi connectivity index (χ3v) is 11.2. The summed E-state index contributed by atoms with van der Waals surface area (Å²) in [6.45, 7) is 5.96. The molecule has 0 aromatic heterocycles. The van der Waals surface area contributed by atoms with Gasteiger partial charge in [-0.25, -0.2) is 0 Å². The molecule has 0 aliphatic carbocycles. The summed E-state index contributed by atoms with van der Waals surface area (Å²) in [6.07, 6.45) is 32.5. The van der Waals surface area contributed by atoms with Gasteiger partial charge in [0.25, 0.3) is 0 Å². The van der Waals surface area contributed by atoms with Gasteiger partial charge in [0.05, 0.1) is 13.2 Å². The van der Waals surface area contributed by atoms with Crippen molar-refractivity contribution in [1.82, 2.24) is 0 Å². The second-order valence-electron chi connectivity index (χ2n) is 18.2. The number of ketones is 1. The van der Waals surface area contributed by atoms with Crippen LogP contribution in [0, 0.1) is 0 Å². The lowest BCUT2D eigenvalue weighted by molar-refractivity contribution is -0.377. The highest BCUT2D eigenvalue weighted by Gasteiger charge is 2.42. The Labute approximate surface area is 410 Å². The van der Waals surface area contributed by atoms with Crippen LogP contribution in [0.5, 0.6) is 0 Å². The Morgan fingerprint density at radius 3 is 0.882 bits per heavy atom. The van der Waals surface area contributed by atoms with E-state index in [1.807, 2.05) is 0 Å². The summed E-state index contributed by atoms with van der Waals surface area (Å²) in [4.78, 5) is 58.2. The molecule has 5 N–H and O–H groups in total. The van der Waals surface area contributed by atoms with Crippen molar-refractivity contribution >= 4 is 29.7 Å². The zero-order chi connectivity index (χ0) is 51.0. The van der Waals surface area contributed by atoms with E-state index in [2.05, 4.69) is 27.7 Å². The van der Waals surface area contributed by atoms with E-state index in [1.165, 1.54) is 103 Å². The van der Waals surface area contributed by atoms with Crippen LogP contribution in [0.15, 0.2) is 0 Å². The Hall–Kier alpha value is -2.73. The highest BCUT2D eigenvalue weighted by atomic mass is 16.7. The Bertz CT molecular complexity index is 1120. The fourth-order valence-electron chi connectivity index (χ4n) is 6.74. The van der Waals surface area contributed by atoms with Gasteiger partial charge in [0.1, 0.15) is 32.5 Å². The number of hydrogen-bond donors (Lipinski definition) is 5. The summed E-state index contributed by atoms with van der Waals surface area (Å²) in [6, 6.07) is 0. The van der Waals surface area contributed by atoms with Gasteiger partial charge in [-0.05, 0) is 25.7 Å². The van der Waals surface area contributed by atoms with Crippen molar-refractivity contribution in [2.45, 2.75) is 251 Å². The van der Waals surface area contributed by atoms with Crippen molar-refractivity contribution in [3.63, 3.8) is 0 Å². The fraction of sp³-hybridized carbons (Fsp3) is 0.904. The normalized spacial score (nSPS) is 16.5. The van der Waals surface area contributed by atoms with E-state index >= 15 is 0 Å². The monoisotopic (exact) mass is 979 g/mol. The number of carbonyl (C=O) groups is 5. The fourth-order valence-corrected chi connectivity index (χ4v) is 6.74. The summed E-state index contributed by atoms with van der Waals surface area (Å²) in [7, 11) is 0. The molecule has 1 aliphatic rings. The largest absolute Gasteiger partial charge is 0.463 e. The van der Waals surface area contributed by atoms with Crippen molar-refractivity contribution in [1.29, 1.82) is 0 Å². The molecule has 16 heteroatoms. The van der Waals surface area contributed by atoms with Crippen LogP contribution in [0.1, 0.15) is 233 Å². The van der Waals surface area contributed by atoms with Crippen LogP contribution in [-0.4, -0.2) is 126 Å². The number of aliphatic hydroxyl groups is 5. The van der Waals surface area contributed by atoms with Gasteiger partial charge in [-0.3, -0.25) is 24.0 Å². The van der Waals surface area contributed by atoms with Crippen molar-refractivity contribution in [2.75, 3.05) is 52.9 Å². The first-order valence-electron chi connectivity index (χ1n) is 26.5. The minimum absolute atomic E-state index is 0.111. The van der Waals surface area contributed by atoms with E-state index in [0.717, 1.165) is 77.0 Å². The number of hydrogen-bond acceptors (Lipinski definition) is 16. The average molecular weight is 979 g/mol. The van der Waals surface area contributed by atoms with Crippen LogP contribution in [0.4, 0.5) is 0 Å². The number of ether oxygens (including phenoxy) is 6. The third kappa shape index (κ3) is 45.7. The van der Waals surface area contributed by atoms with Gasteiger partial charge < -0.3 is 54.0 Å². The zero-order valence-electron chi connectivity index (χ0n) is 43.1. The van der Waals surface area contributed by atoms with Crippen LogP contribution in [-0.2, 0) is 52.4 Å². The maximum atomic E-state index is 11.7. The number of aliphatic hydroxyl groups excluding tert-OH is 3. The van der Waals surface area contributed by atoms with Gasteiger partial charge in [0.2, 0.25) is 17.4 Å². The standard InChI is InChI=1S/C23H44O5.C23H42O5.C6H12O6/c2*1-3-5-7-9-11-13-15-17-22(25)27-19-21(24)20-28-23(26)18-16-14-12-10-8-6-4-2;7-1-5(9)3-12-6(10,2-8)4-11-5/h21,24H,3-20H2,1-2H3;3-20H2,1-2H3;7-10H,1-4H2. The van der Waals surface area contributed by atoms with E-state index in [1.54, 1.807) is 0 Å². The van der Waals surface area contributed by atoms with E-state index in [-0.39, 0.29) is 69.3 Å². The first kappa shape index (κ1) is 67.3. The number of rotatable bonds is 42. The smallest absolute Gasteiger partial charge is 0.306 e. The molecular weight excluding hydrogens is 881 g/mol. The lowest BCUT2D eigenvalue weighted by Crippen LogP contribution is -2.56. The van der Waals surface area contributed by atoms with Crippen molar-refractivity contribution in [3.05, 3.63) is 0 Å². The molecule has 0 spiro atoms. The van der Waals surface area contributed by atoms with E-state index in [0.29, 0.717) is 25.7 Å². The third-order valence-electron chi connectivity index (χ3n) is 11.2. The number of Topliss-reactive ketones (excluding diaryl/α,β-unsaturated/α-hetero) is 1. The Morgan fingerprint density at radius 2 is 0.647 bits per heavy atom. The highest BCUT2D eigenvalue weighted by Crippen LogP contribution is 2.21. The molecule has 16 nitrogen and oxygen atoms in total. The van der Waals surface area contributed by atoms with Gasteiger partial charge in [-0.15, -0.1) is 0 Å². The average Bonchev–Trinajstić information content (AvgIpc) is 3.34. The van der Waals surface area contributed by atoms with E-state index in [9.17, 15) is 39.3 Å². The van der Waals surface area contributed by atoms with Crippen molar-refractivity contribution in [2.24, 2.45) is 0 Å². The molecule has 1 fully saturated rings. The zero-order valence-corrected chi connectivity index (χ0v) is 43.1. The summed E-state index contributed by atoms with van der Waals surface area (Å²) >= 11 is 0. The van der Waals surface area contributed by atoms with Crippen LogP contribution in [0.25, 0.3) is 0 Å². The summed E-state index contributed by atoms with van der Waals surface area (Å²) in [5.41, 5.74) is 0. The molecule has 402 valence electrons. The van der Waals surface area contributed by atoms with Crippen LogP contribution < -0.4 is 0 Å². The number of esters is 4.